The third kappa shape index (κ3) is 2.05. The van der Waals surface area contributed by atoms with E-state index in [1.54, 1.807) is 0 Å². The average Bonchev–Trinajstić information content (AvgIpc) is 2.73. The van der Waals surface area contributed by atoms with Crippen molar-refractivity contribution in [1.29, 1.82) is 0 Å². The minimum atomic E-state index is 0.516. The van der Waals surface area contributed by atoms with Crippen LogP contribution in [0.4, 0.5) is 0 Å². The van der Waals surface area contributed by atoms with Gasteiger partial charge in [-0.2, -0.15) is 0 Å². The summed E-state index contributed by atoms with van der Waals surface area (Å²) in [6.45, 7) is 3.86. The Labute approximate surface area is 123 Å². The van der Waals surface area contributed by atoms with Gasteiger partial charge in [0.1, 0.15) is 17.4 Å². The van der Waals surface area contributed by atoms with Crippen molar-refractivity contribution in [3.05, 3.63) is 35.2 Å². The Morgan fingerprint density at radius 1 is 1.25 bits per heavy atom. The molecule has 0 unspecified atom stereocenters. The maximum atomic E-state index is 6.26. The number of nitrogens with zero attached hydrogens (tertiary/aromatic N) is 4. The van der Waals surface area contributed by atoms with Crippen LogP contribution in [-0.4, -0.2) is 33.5 Å². The van der Waals surface area contributed by atoms with Crippen LogP contribution in [0, 0.1) is 0 Å². The van der Waals surface area contributed by atoms with Gasteiger partial charge in [-0.05, 0) is 38.7 Å². The number of hydrogen-bond acceptors (Lipinski definition) is 3. The fourth-order valence-corrected chi connectivity index (χ4v) is 2.95. The van der Waals surface area contributed by atoms with Gasteiger partial charge in [0, 0.05) is 18.5 Å². The summed E-state index contributed by atoms with van der Waals surface area (Å²) in [4.78, 5) is 10.7. The molecule has 0 saturated heterocycles. The van der Waals surface area contributed by atoms with Crippen molar-refractivity contribution < 1.29 is 0 Å². The molecule has 1 aromatic carbocycles. The molecule has 0 amide bonds. The lowest BCUT2D eigenvalue weighted by atomic mass is 10.1. The van der Waals surface area contributed by atoms with E-state index in [0.29, 0.717) is 5.15 Å². The molecule has 0 radical (unpaired) electrons. The molecule has 0 spiro atoms. The first-order valence-electron chi connectivity index (χ1n) is 6.68. The Bertz CT molecular complexity index is 776. The van der Waals surface area contributed by atoms with Crippen LogP contribution < -0.4 is 0 Å². The van der Waals surface area contributed by atoms with E-state index in [2.05, 4.69) is 58.7 Å². The van der Waals surface area contributed by atoms with Gasteiger partial charge >= 0.3 is 0 Å². The quantitative estimate of drug-likeness (QED) is 0.693. The van der Waals surface area contributed by atoms with E-state index in [-0.39, 0.29) is 0 Å². The number of hydrogen-bond donors (Lipinski definition) is 0. The van der Waals surface area contributed by atoms with Crippen molar-refractivity contribution in [1.82, 2.24) is 19.4 Å². The van der Waals surface area contributed by atoms with Gasteiger partial charge in [-0.15, -0.1) is 0 Å². The molecule has 3 rings (SSSR count). The zero-order valence-electron chi connectivity index (χ0n) is 11.9. The number of rotatable bonds is 3. The van der Waals surface area contributed by atoms with Crippen molar-refractivity contribution in [3.8, 4) is 0 Å². The zero-order chi connectivity index (χ0) is 14.3. The molecular formula is C15H17ClN4. The molecule has 0 fully saturated rings. The van der Waals surface area contributed by atoms with Crippen LogP contribution in [0.5, 0.6) is 0 Å². The normalized spacial score (nSPS) is 11.8. The molecule has 0 bridgehead atoms. The first-order valence-corrected chi connectivity index (χ1v) is 7.05. The minimum absolute atomic E-state index is 0.516. The van der Waals surface area contributed by atoms with Crippen molar-refractivity contribution in [2.75, 3.05) is 14.1 Å². The molecule has 2 aromatic heterocycles. The second kappa shape index (κ2) is 5.04. The van der Waals surface area contributed by atoms with Gasteiger partial charge in [0.25, 0.3) is 0 Å². The lowest BCUT2D eigenvalue weighted by Gasteiger charge is -2.09. The molecule has 0 aliphatic rings. The number of fused-ring (bicyclic) bond motifs is 3. The predicted octanol–water partition coefficient (Wildman–Crippen LogP) is 3.32. The SMILES string of the molecule is CCn1c2ccc(CN(C)C)cc2c2ncnc(Cl)c21. The highest BCUT2D eigenvalue weighted by molar-refractivity contribution is 6.34. The highest BCUT2D eigenvalue weighted by atomic mass is 35.5. The summed E-state index contributed by atoms with van der Waals surface area (Å²) in [5, 5.41) is 1.66. The Hall–Kier alpha value is -1.65. The molecule has 0 N–H and O–H groups in total. The van der Waals surface area contributed by atoms with Crippen LogP contribution in [0.1, 0.15) is 12.5 Å². The maximum Gasteiger partial charge on any atom is 0.156 e. The van der Waals surface area contributed by atoms with E-state index >= 15 is 0 Å². The summed E-state index contributed by atoms with van der Waals surface area (Å²) in [6, 6.07) is 6.51. The summed E-state index contributed by atoms with van der Waals surface area (Å²) < 4.78 is 2.17. The van der Waals surface area contributed by atoms with Crippen molar-refractivity contribution in [2.45, 2.75) is 20.0 Å². The number of halogens is 1. The standard InChI is InChI=1S/C15H17ClN4/c1-4-20-12-6-5-10(8-19(2)3)7-11(12)13-14(20)15(16)18-9-17-13/h5-7,9H,4,8H2,1-3H3. The Morgan fingerprint density at radius 2 is 2.05 bits per heavy atom. The summed E-state index contributed by atoms with van der Waals surface area (Å²) in [5.41, 5.74) is 4.29. The average molecular weight is 289 g/mol. The Kier molecular flexibility index (Phi) is 3.36. The minimum Gasteiger partial charge on any atom is -0.337 e. The van der Waals surface area contributed by atoms with Crippen LogP contribution in [0.3, 0.4) is 0 Å². The first-order chi connectivity index (χ1) is 9.61. The molecule has 2 heterocycles. The van der Waals surface area contributed by atoms with E-state index < -0.39 is 0 Å². The molecule has 20 heavy (non-hydrogen) atoms. The molecule has 104 valence electrons. The molecule has 3 aromatic rings. The van der Waals surface area contributed by atoms with Crippen molar-refractivity contribution >= 4 is 33.5 Å². The lowest BCUT2D eigenvalue weighted by Crippen LogP contribution is -2.10. The fourth-order valence-electron chi connectivity index (χ4n) is 2.71. The van der Waals surface area contributed by atoms with Crippen molar-refractivity contribution in [3.63, 3.8) is 0 Å². The largest absolute Gasteiger partial charge is 0.337 e. The molecule has 0 atom stereocenters. The van der Waals surface area contributed by atoms with Gasteiger partial charge in [0.15, 0.2) is 5.15 Å². The number of aromatic nitrogens is 3. The van der Waals surface area contributed by atoms with Crippen LogP contribution in [0.2, 0.25) is 5.15 Å². The highest BCUT2D eigenvalue weighted by Crippen LogP contribution is 2.31. The van der Waals surface area contributed by atoms with E-state index in [9.17, 15) is 0 Å². The maximum absolute atomic E-state index is 6.26. The van der Waals surface area contributed by atoms with E-state index in [0.717, 1.165) is 35.0 Å². The van der Waals surface area contributed by atoms with Gasteiger partial charge in [0.05, 0.1) is 5.52 Å². The van der Waals surface area contributed by atoms with Gasteiger partial charge in [0.2, 0.25) is 0 Å². The molecule has 5 heteroatoms. The molecule has 0 saturated carbocycles. The van der Waals surface area contributed by atoms with Crippen LogP contribution >= 0.6 is 11.6 Å². The summed E-state index contributed by atoms with van der Waals surface area (Å²) >= 11 is 6.26. The Morgan fingerprint density at radius 3 is 2.75 bits per heavy atom. The Balaban J connectivity index is 2.34. The van der Waals surface area contributed by atoms with Gasteiger partial charge in [-0.25, -0.2) is 9.97 Å². The van der Waals surface area contributed by atoms with Gasteiger partial charge < -0.3 is 9.47 Å². The third-order valence-corrected chi connectivity index (χ3v) is 3.75. The van der Waals surface area contributed by atoms with E-state index in [1.807, 2.05) is 0 Å². The summed E-state index contributed by atoms with van der Waals surface area (Å²) in [6.07, 6.45) is 1.53. The first kappa shape index (κ1) is 13.3. The molecule has 0 aliphatic carbocycles. The lowest BCUT2D eigenvalue weighted by molar-refractivity contribution is 0.403. The highest BCUT2D eigenvalue weighted by Gasteiger charge is 2.14. The monoisotopic (exact) mass is 288 g/mol. The predicted molar refractivity (Wildman–Crippen MR) is 83.1 cm³/mol. The smallest absolute Gasteiger partial charge is 0.156 e. The zero-order valence-corrected chi connectivity index (χ0v) is 12.6. The van der Waals surface area contributed by atoms with E-state index in [1.165, 1.54) is 11.9 Å². The number of aryl methyl sites for hydroxylation is 1. The van der Waals surface area contributed by atoms with Crippen LogP contribution in [-0.2, 0) is 13.1 Å². The summed E-state index contributed by atoms with van der Waals surface area (Å²) in [7, 11) is 4.14. The molecule has 0 aliphatic heterocycles. The van der Waals surface area contributed by atoms with Crippen molar-refractivity contribution in [2.24, 2.45) is 0 Å². The van der Waals surface area contributed by atoms with Gasteiger partial charge in [-0.1, -0.05) is 17.7 Å². The van der Waals surface area contributed by atoms with E-state index in [4.69, 9.17) is 11.6 Å². The third-order valence-electron chi connectivity index (χ3n) is 3.47. The fraction of sp³-hybridized carbons (Fsp3) is 0.333. The van der Waals surface area contributed by atoms with Crippen LogP contribution in [0.15, 0.2) is 24.5 Å². The van der Waals surface area contributed by atoms with Gasteiger partial charge in [-0.3, -0.25) is 0 Å². The molecule has 4 nitrogen and oxygen atoms in total. The number of benzene rings is 1. The topological polar surface area (TPSA) is 34.0 Å². The summed E-state index contributed by atoms with van der Waals surface area (Å²) in [5.74, 6) is 0. The second-order valence-electron chi connectivity index (χ2n) is 5.20. The molecular weight excluding hydrogens is 272 g/mol. The second-order valence-corrected chi connectivity index (χ2v) is 5.55. The van der Waals surface area contributed by atoms with Crippen LogP contribution in [0.25, 0.3) is 21.9 Å².